The zero-order chi connectivity index (χ0) is 14.3. The van der Waals surface area contributed by atoms with Crippen LogP contribution in [0.4, 0.5) is 0 Å². The SMILES string of the molecule is C=C1c2cc(OC)c(OC)cc2CCN1C(=O)C1CC1. The number of benzene rings is 1. The van der Waals surface area contributed by atoms with Crippen LogP contribution < -0.4 is 9.47 Å². The number of carbonyl (C=O) groups excluding carboxylic acids is 1. The normalized spacial score (nSPS) is 17.7. The summed E-state index contributed by atoms with van der Waals surface area (Å²) >= 11 is 0. The second-order valence-electron chi connectivity index (χ2n) is 5.33. The van der Waals surface area contributed by atoms with Crippen LogP contribution in [0.5, 0.6) is 11.5 Å². The van der Waals surface area contributed by atoms with Gasteiger partial charge in [0.1, 0.15) is 0 Å². The predicted molar refractivity (Wildman–Crippen MR) is 76.7 cm³/mol. The highest BCUT2D eigenvalue weighted by molar-refractivity contribution is 5.91. The van der Waals surface area contributed by atoms with Gasteiger partial charge in [0.05, 0.1) is 14.2 Å². The van der Waals surface area contributed by atoms with Gasteiger partial charge in [-0.25, -0.2) is 0 Å². The van der Waals surface area contributed by atoms with Crippen LogP contribution in [0.15, 0.2) is 18.7 Å². The Morgan fingerprint density at radius 2 is 1.90 bits per heavy atom. The molecule has 0 atom stereocenters. The molecule has 0 spiro atoms. The Balaban J connectivity index is 1.95. The quantitative estimate of drug-likeness (QED) is 0.849. The minimum Gasteiger partial charge on any atom is -0.493 e. The smallest absolute Gasteiger partial charge is 0.230 e. The summed E-state index contributed by atoms with van der Waals surface area (Å²) in [5, 5.41) is 0. The van der Waals surface area contributed by atoms with Crippen molar-refractivity contribution in [3.63, 3.8) is 0 Å². The predicted octanol–water partition coefficient (Wildman–Crippen LogP) is 2.47. The summed E-state index contributed by atoms with van der Waals surface area (Å²) < 4.78 is 10.7. The summed E-state index contributed by atoms with van der Waals surface area (Å²) in [6.45, 7) is 4.81. The topological polar surface area (TPSA) is 38.8 Å². The summed E-state index contributed by atoms with van der Waals surface area (Å²) in [4.78, 5) is 14.1. The number of amides is 1. The van der Waals surface area contributed by atoms with Crippen molar-refractivity contribution in [1.29, 1.82) is 0 Å². The molecule has 1 saturated carbocycles. The van der Waals surface area contributed by atoms with Crippen molar-refractivity contribution in [3.05, 3.63) is 29.8 Å². The van der Waals surface area contributed by atoms with Crippen LogP contribution in [0.25, 0.3) is 5.70 Å². The van der Waals surface area contributed by atoms with Gasteiger partial charge in [-0.15, -0.1) is 0 Å². The summed E-state index contributed by atoms with van der Waals surface area (Å²) in [6.07, 6.45) is 2.86. The number of hydrogen-bond donors (Lipinski definition) is 0. The molecule has 1 fully saturated rings. The number of ether oxygens (including phenoxy) is 2. The minimum atomic E-state index is 0.216. The van der Waals surface area contributed by atoms with Crippen molar-refractivity contribution >= 4 is 11.6 Å². The van der Waals surface area contributed by atoms with Crippen LogP contribution in [0, 0.1) is 5.92 Å². The van der Waals surface area contributed by atoms with E-state index in [1.165, 1.54) is 0 Å². The fraction of sp³-hybridized carbons (Fsp3) is 0.438. The average molecular weight is 273 g/mol. The molecule has 2 aliphatic rings. The van der Waals surface area contributed by atoms with E-state index < -0.39 is 0 Å². The zero-order valence-corrected chi connectivity index (χ0v) is 11.9. The van der Waals surface area contributed by atoms with E-state index in [9.17, 15) is 4.79 Å². The van der Waals surface area contributed by atoms with Gasteiger partial charge in [0, 0.05) is 23.7 Å². The first-order valence-electron chi connectivity index (χ1n) is 6.91. The summed E-state index contributed by atoms with van der Waals surface area (Å²) in [6, 6.07) is 3.90. The highest BCUT2D eigenvalue weighted by Crippen LogP contribution is 2.39. The molecule has 0 bridgehead atoms. The maximum absolute atomic E-state index is 12.3. The van der Waals surface area contributed by atoms with Gasteiger partial charge >= 0.3 is 0 Å². The molecule has 4 nitrogen and oxygen atoms in total. The van der Waals surface area contributed by atoms with Crippen molar-refractivity contribution in [1.82, 2.24) is 4.90 Å². The Kier molecular flexibility index (Phi) is 3.16. The van der Waals surface area contributed by atoms with Crippen LogP contribution in [0.3, 0.4) is 0 Å². The standard InChI is InChI=1S/C16H19NO3/c1-10-13-9-15(20-3)14(19-2)8-12(13)6-7-17(10)16(18)11-4-5-11/h8-9,11H,1,4-7H2,2-3H3. The van der Waals surface area contributed by atoms with Crippen LogP contribution >= 0.6 is 0 Å². The Bertz CT molecular complexity index is 575. The molecule has 1 aromatic rings. The van der Waals surface area contributed by atoms with E-state index in [1.54, 1.807) is 14.2 Å². The third-order valence-electron chi connectivity index (χ3n) is 4.04. The van der Waals surface area contributed by atoms with Crippen molar-refractivity contribution in [2.75, 3.05) is 20.8 Å². The highest BCUT2D eigenvalue weighted by atomic mass is 16.5. The molecule has 0 aromatic heterocycles. The van der Waals surface area contributed by atoms with Gasteiger partial charge in [-0.05, 0) is 37.0 Å². The largest absolute Gasteiger partial charge is 0.493 e. The molecule has 3 rings (SSSR count). The maximum Gasteiger partial charge on any atom is 0.230 e. The minimum absolute atomic E-state index is 0.216. The van der Waals surface area contributed by atoms with Gasteiger partial charge in [0.25, 0.3) is 0 Å². The Morgan fingerprint density at radius 1 is 1.25 bits per heavy atom. The average Bonchev–Trinajstić information content (AvgIpc) is 3.30. The van der Waals surface area contributed by atoms with E-state index in [0.29, 0.717) is 12.3 Å². The molecular weight excluding hydrogens is 254 g/mol. The van der Waals surface area contributed by atoms with Crippen LogP contribution in [0.2, 0.25) is 0 Å². The summed E-state index contributed by atoms with van der Waals surface area (Å²) in [7, 11) is 3.24. The van der Waals surface area contributed by atoms with Crippen LogP contribution in [-0.2, 0) is 11.2 Å². The number of hydrogen-bond acceptors (Lipinski definition) is 3. The van der Waals surface area contributed by atoms with Crippen LogP contribution in [0.1, 0.15) is 24.0 Å². The lowest BCUT2D eigenvalue weighted by Crippen LogP contribution is -2.35. The lowest BCUT2D eigenvalue weighted by molar-refractivity contribution is -0.129. The van der Waals surface area contributed by atoms with E-state index in [-0.39, 0.29) is 11.8 Å². The molecule has 1 heterocycles. The number of carbonyl (C=O) groups is 1. The lowest BCUT2D eigenvalue weighted by Gasteiger charge is -2.31. The molecule has 1 aliphatic heterocycles. The van der Waals surface area contributed by atoms with Crippen molar-refractivity contribution in [2.45, 2.75) is 19.3 Å². The number of nitrogens with zero attached hydrogens (tertiary/aromatic N) is 1. The fourth-order valence-electron chi connectivity index (χ4n) is 2.70. The molecule has 4 heteroatoms. The van der Waals surface area contributed by atoms with E-state index in [4.69, 9.17) is 9.47 Å². The molecule has 1 amide bonds. The third kappa shape index (κ3) is 2.05. The molecule has 0 N–H and O–H groups in total. The fourth-order valence-corrected chi connectivity index (χ4v) is 2.70. The highest BCUT2D eigenvalue weighted by Gasteiger charge is 2.36. The second kappa shape index (κ2) is 4.85. The number of fused-ring (bicyclic) bond motifs is 1. The van der Waals surface area contributed by atoms with E-state index in [0.717, 1.165) is 41.8 Å². The van der Waals surface area contributed by atoms with E-state index in [2.05, 4.69) is 6.58 Å². The second-order valence-corrected chi connectivity index (χ2v) is 5.33. The van der Waals surface area contributed by atoms with Gasteiger partial charge in [0.15, 0.2) is 11.5 Å². The first-order valence-corrected chi connectivity index (χ1v) is 6.91. The molecule has 1 aliphatic carbocycles. The molecule has 0 saturated heterocycles. The molecule has 20 heavy (non-hydrogen) atoms. The molecular formula is C16H19NO3. The number of methoxy groups -OCH3 is 2. The van der Waals surface area contributed by atoms with E-state index in [1.807, 2.05) is 17.0 Å². The Morgan fingerprint density at radius 3 is 2.50 bits per heavy atom. The Labute approximate surface area is 119 Å². The summed E-state index contributed by atoms with van der Waals surface area (Å²) in [5.41, 5.74) is 2.93. The van der Waals surface area contributed by atoms with Gasteiger partial charge in [0.2, 0.25) is 5.91 Å². The first kappa shape index (κ1) is 13.0. The first-order chi connectivity index (χ1) is 9.65. The number of rotatable bonds is 3. The molecule has 106 valence electrons. The molecule has 0 unspecified atom stereocenters. The van der Waals surface area contributed by atoms with Crippen molar-refractivity contribution < 1.29 is 14.3 Å². The molecule has 0 radical (unpaired) electrons. The van der Waals surface area contributed by atoms with Crippen LogP contribution in [-0.4, -0.2) is 31.6 Å². The van der Waals surface area contributed by atoms with Gasteiger partial charge < -0.3 is 14.4 Å². The van der Waals surface area contributed by atoms with E-state index >= 15 is 0 Å². The van der Waals surface area contributed by atoms with Gasteiger partial charge in [-0.1, -0.05) is 6.58 Å². The zero-order valence-electron chi connectivity index (χ0n) is 11.9. The maximum atomic E-state index is 12.3. The monoisotopic (exact) mass is 273 g/mol. The molecule has 1 aromatic carbocycles. The van der Waals surface area contributed by atoms with Crippen molar-refractivity contribution in [2.24, 2.45) is 5.92 Å². The summed E-state index contributed by atoms with van der Waals surface area (Å²) in [5.74, 6) is 1.83. The van der Waals surface area contributed by atoms with Gasteiger partial charge in [-0.2, -0.15) is 0 Å². The lowest BCUT2D eigenvalue weighted by atomic mass is 9.96. The van der Waals surface area contributed by atoms with Gasteiger partial charge in [-0.3, -0.25) is 4.79 Å². The Hall–Kier alpha value is -1.97. The third-order valence-corrected chi connectivity index (χ3v) is 4.04. The van der Waals surface area contributed by atoms with Crippen molar-refractivity contribution in [3.8, 4) is 11.5 Å².